The zero-order valence-corrected chi connectivity index (χ0v) is 15.5. The van der Waals surface area contributed by atoms with Crippen LogP contribution in [0.1, 0.15) is 15.7 Å². The van der Waals surface area contributed by atoms with E-state index in [0.29, 0.717) is 21.1 Å². The molecule has 0 atom stereocenters. The molecule has 0 N–H and O–H groups in total. The summed E-state index contributed by atoms with van der Waals surface area (Å²) in [6, 6.07) is 13.0. The standard InChI is InChI=1S/C18H17ClO3S2/c1-12-10-14(19)4-7-16(12)21-11-17(20)22-15-5-2-13(3-6-15)18-23-8-9-24-18/h2-7,10,18H,8-9,11H2,1H3. The molecule has 24 heavy (non-hydrogen) atoms. The van der Waals surface area contributed by atoms with Crippen molar-refractivity contribution in [3.05, 3.63) is 58.6 Å². The van der Waals surface area contributed by atoms with Gasteiger partial charge in [0.25, 0.3) is 0 Å². The van der Waals surface area contributed by atoms with E-state index in [9.17, 15) is 4.79 Å². The van der Waals surface area contributed by atoms with Gasteiger partial charge >= 0.3 is 5.97 Å². The third-order valence-electron chi connectivity index (χ3n) is 3.49. The Bertz CT molecular complexity index is 713. The van der Waals surface area contributed by atoms with Gasteiger partial charge in [0.2, 0.25) is 0 Å². The maximum Gasteiger partial charge on any atom is 0.349 e. The topological polar surface area (TPSA) is 35.5 Å². The fraction of sp³-hybridized carbons (Fsp3) is 0.278. The highest BCUT2D eigenvalue weighted by molar-refractivity contribution is 8.19. The minimum Gasteiger partial charge on any atom is -0.482 e. The fourth-order valence-electron chi connectivity index (χ4n) is 2.32. The number of hydrogen-bond acceptors (Lipinski definition) is 5. The second kappa shape index (κ2) is 8.19. The van der Waals surface area contributed by atoms with Crippen molar-refractivity contribution in [2.45, 2.75) is 11.5 Å². The van der Waals surface area contributed by atoms with E-state index < -0.39 is 5.97 Å². The molecule has 6 heteroatoms. The third kappa shape index (κ3) is 4.62. The molecule has 0 radical (unpaired) electrons. The molecule has 0 spiro atoms. The first-order chi connectivity index (χ1) is 11.6. The molecule has 1 heterocycles. The summed E-state index contributed by atoms with van der Waals surface area (Å²) in [6.45, 7) is 1.74. The number of hydrogen-bond donors (Lipinski definition) is 0. The number of ether oxygens (including phenoxy) is 2. The van der Waals surface area contributed by atoms with Crippen molar-refractivity contribution in [3.63, 3.8) is 0 Å². The van der Waals surface area contributed by atoms with E-state index >= 15 is 0 Å². The predicted octanol–water partition coefficient (Wildman–Crippen LogP) is 5.11. The first-order valence-corrected chi connectivity index (χ1v) is 10.0. The molecule has 2 aromatic carbocycles. The van der Waals surface area contributed by atoms with Crippen LogP contribution in [0.5, 0.6) is 11.5 Å². The average molecular weight is 381 g/mol. The van der Waals surface area contributed by atoms with Gasteiger partial charge in [-0.05, 0) is 48.4 Å². The lowest BCUT2D eigenvalue weighted by Gasteiger charge is -2.11. The van der Waals surface area contributed by atoms with E-state index in [4.69, 9.17) is 21.1 Å². The Morgan fingerprint density at radius 3 is 2.54 bits per heavy atom. The first kappa shape index (κ1) is 17.5. The predicted molar refractivity (Wildman–Crippen MR) is 101 cm³/mol. The fourth-order valence-corrected chi connectivity index (χ4v) is 5.40. The van der Waals surface area contributed by atoms with E-state index in [1.54, 1.807) is 18.2 Å². The molecule has 1 aliphatic rings. The maximum atomic E-state index is 11.9. The van der Waals surface area contributed by atoms with Crippen molar-refractivity contribution in [1.29, 1.82) is 0 Å². The van der Waals surface area contributed by atoms with Gasteiger partial charge in [0.15, 0.2) is 6.61 Å². The van der Waals surface area contributed by atoms with Gasteiger partial charge in [0, 0.05) is 16.5 Å². The number of carbonyl (C=O) groups excluding carboxylic acids is 1. The SMILES string of the molecule is Cc1cc(Cl)ccc1OCC(=O)Oc1ccc(C2SCCS2)cc1. The molecule has 0 bridgehead atoms. The van der Waals surface area contributed by atoms with E-state index in [2.05, 4.69) is 0 Å². The summed E-state index contributed by atoms with van der Waals surface area (Å²) in [7, 11) is 0. The Morgan fingerprint density at radius 2 is 1.88 bits per heavy atom. The van der Waals surface area contributed by atoms with E-state index in [1.807, 2.05) is 54.7 Å². The number of rotatable bonds is 5. The Morgan fingerprint density at radius 1 is 1.17 bits per heavy atom. The Hall–Kier alpha value is -1.30. The summed E-state index contributed by atoms with van der Waals surface area (Å²) < 4.78 is 11.3. The van der Waals surface area contributed by atoms with Crippen LogP contribution in [-0.4, -0.2) is 24.1 Å². The Kier molecular flexibility index (Phi) is 5.98. The van der Waals surface area contributed by atoms with Gasteiger partial charge in [-0.1, -0.05) is 23.7 Å². The largest absolute Gasteiger partial charge is 0.482 e. The van der Waals surface area contributed by atoms with Crippen molar-refractivity contribution in [2.75, 3.05) is 18.1 Å². The molecule has 1 saturated heterocycles. The van der Waals surface area contributed by atoms with Gasteiger partial charge in [-0.3, -0.25) is 0 Å². The van der Waals surface area contributed by atoms with Crippen LogP contribution in [0.3, 0.4) is 0 Å². The van der Waals surface area contributed by atoms with Crippen molar-refractivity contribution in [3.8, 4) is 11.5 Å². The van der Waals surface area contributed by atoms with Crippen LogP contribution in [0.4, 0.5) is 0 Å². The van der Waals surface area contributed by atoms with Crippen LogP contribution in [0.15, 0.2) is 42.5 Å². The van der Waals surface area contributed by atoms with Gasteiger partial charge < -0.3 is 9.47 Å². The summed E-state index contributed by atoms with van der Waals surface area (Å²) in [5, 5.41) is 0.640. The zero-order chi connectivity index (χ0) is 16.9. The molecule has 0 aromatic heterocycles. The number of carbonyl (C=O) groups is 1. The van der Waals surface area contributed by atoms with E-state index in [-0.39, 0.29) is 6.61 Å². The second-order valence-corrected chi connectivity index (χ2v) is 8.48. The number of benzene rings is 2. The van der Waals surface area contributed by atoms with Crippen molar-refractivity contribution >= 4 is 41.1 Å². The third-order valence-corrected chi connectivity index (χ3v) is 6.83. The van der Waals surface area contributed by atoms with Crippen molar-refractivity contribution < 1.29 is 14.3 Å². The van der Waals surface area contributed by atoms with Gasteiger partial charge in [-0.25, -0.2) is 4.79 Å². The van der Waals surface area contributed by atoms with Crippen LogP contribution in [0, 0.1) is 6.92 Å². The lowest BCUT2D eigenvalue weighted by Crippen LogP contribution is -2.18. The summed E-state index contributed by atoms with van der Waals surface area (Å²) in [5.74, 6) is 3.11. The molecule has 1 aliphatic heterocycles. The molecule has 126 valence electrons. The Labute approximate surface area is 155 Å². The minimum absolute atomic E-state index is 0.140. The lowest BCUT2D eigenvalue weighted by molar-refractivity contribution is -0.136. The monoisotopic (exact) mass is 380 g/mol. The molecule has 1 fully saturated rings. The number of esters is 1. The summed E-state index contributed by atoms with van der Waals surface area (Å²) in [5.41, 5.74) is 2.14. The highest BCUT2D eigenvalue weighted by atomic mass is 35.5. The van der Waals surface area contributed by atoms with Crippen LogP contribution >= 0.6 is 35.1 Å². The van der Waals surface area contributed by atoms with Gasteiger partial charge in [0.1, 0.15) is 11.5 Å². The van der Waals surface area contributed by atoms with Crippen LogP contribution in [0.25, 0.3) is 0 Å². The maximum absolute atomic E-state index is 11.9. The zero-order valence-electron chi connectivity index (χ0n) is 13.2. The summed E-state index contributed by atoms with van der Waals surface area (Å²) >= 11 is 9.79. The minimum atomic E-state index is -0.429. The molecule has 0 amide bonds. The molecule has 0 aliphatic carbocycles. The number of thioether (sulfide) groups is 2. The quantitative estimate of drug-likeness (QED) is 0.532. The first-order valence-electron chi connectivity index (χ1n) is 7.54. The smallest absolute Gasteiger partial charge is 0.349 e. The Balaban J connectivity index is 1.52. The number of aryl methyl sites for hydroxylation is 1. The van der Waals surface area contributed by atoms with Gasteiger partial charge in [-0.15, -0.1) is 23.5 Å². The van der Waals surface area contributed by atoms with Gasteiger partial charge in [0.05, 0.1) is 4.58 Å². The highest BCUT2D eigenvalue weighted by Gasteiger charge is 2.18. The second-order valence-electron chi connectivity index (χ2n) is 5.32. The lowest BCUT2D eigenvalue weighted by atomic mass is 10.2. The molecule has 0 unspecified atom stereocenters. The van der Waals surface area contributed by atoms with Crippen LogP contribution in [-0.2, 0) is 4.79 Å². The highest BCUT2D eigenvalue weighted by Crippen LogP contribution is 2.45. The van der Waals surface area contributed by atoms with Crippen LogP contribution in [0.2, 0.25) is 5.02 Å². The van der Waals surface area contributed by atoms with Crippen molar-refractivity contribution in [2.24, 2.45) is 0 Å². The molecule has 2 aromatic rings. The van der Waals surface area contributed by atoms with Crippen molar-refractivity contribution in [1.82, 2.24) is 0 Å². The van der Waals surface area contributed by atoms with Crippen LogP contribution < -0.4 is 9.47 Å². The van der Waals surface area contributed by atoms with E-state index in [1.165, 1.54) is 17.1 Å². The molecule has 0 saturated carbocycles. The molecular weight excluding hydrogens is 364 g/mol. The van der Waals surface area contributed by atoms with Gasteiger partial charge in [-0.2, -0.15) is 0 Å². The normalized spacial score (nSPS) is 14.6. The van der Waals surface area contributed by atoms with E-state index in [0.717, 1.165) is 5.56 Å². The average Bonchev–Trinajstić information content (AvgIpc) is 3.09. The molecule has 3 nitrogen and oxygen atoms in total. The molecule has 3 rings (SSSR count). The summed E-state index contributed by atoms with van der Waals surface area (Å²) in [4.78, 5) is 11.9. The number of halogens is 1. The summed E-state index contributed by atoms with van der Waals surface area (Å²) in [6.07, 6.45) is 0. The molecular formula is C18H17ClO3S2.